The van der Waals surface area contributed by atoms with E-state index in [1.54, 1.807) is 18.2 Å². The zero-order valence-corrected chi connectivity index (χ0v) is 16.8. The Balaban J connectivity index is 1.57. The van der Waals surface area contributed by atoms with Crippen LogP contribution in [0.5, 0.6) is 5.75 Å². The third-order valence-corrected chi connectivity index (χ3v) is 6.55. The van der Waals surface area contributed by atoms with Crippen LogP contribution in [-0.2, 0) is 19.6 Å². The fourth-order valence-electron chi connectivity index (χ4n) is 2.54. The summed E-state index contributed by atoms with van der Waals surface area (Å²) >= 11 is 3.36. The third kappa shape index (κ3) is 5.07. The van der Waals surface area contributed by atoms with Gasteiger partial charge < -0.3 is 14.8 Å². The molecule has 9 heteroatoms. The molecule has 2 aromatic carbocycles. The van der Waals surface area contributed by atoms with Gasteiger partial charge in [0.2, 0.25) is 10.0 Å². The lowest BCUT2D eigenvalue weighted by molar-refractivity contribution is -0.118. The van der Waals surface area contributed by atoms with Crippen molar-refractivity contribution in [3.8, 4) is 5.75 Å². The van der Waals surface area contributed by atoms with Gasteiger partial charge >= 0.3 is 0 Å². The molecule has 0 aliphatic carbocycles. The van der Waals surface area contributed by atoms with Crippen molar-refractivity contribution in [3.63, 3.8) is 0 Å². The molecule has 1 amide bonds. The minimum absolute atomic E-state index is 0.184. The quantitative estimate of drug-likeness (QED) is 0.724. The first-order chi connectivity index (χ1) is 13.0. The van der Waals surface area contributed by atoms with Crippen LogP contribution in [-0.4, -0.2) is 51.5 Å². The number of carbonyl (C=O) groups excluding carboxylic acids is 1. The van der Waals surface area contributed by atoms with Crippen LogP contribution < -0.4 is 10.1 Å². The number of rotatable bonds is 6. The molecule has 0 atom stereocenters. The van der Waals surface area contributed by atoms with Gasteiger partial charge in [-0.3, -0.25) is 4.79 Å². The number of para-hydroxylation sites is 1. The molecule has 0 radical (unpaired) electrons. The summed E-state index contributed by atoms with van der Waals surface area (Å²) in [5.74, 6) is 0.102. The van der Waals surface area contributed by atoms with E-state index in [4.69, 9.17) is 9.47 Å². The van der Waals surface area contributed by atoms with Crippen LogP contribution in [0.4, 0.5) is 5.69 Å². The Morgan fingerprint density at radius 2 is 1.78 bits per heavy atom. The van der Waals surface area contributed by atoms with Crippen molar-refractivity contribution in [1.82, 2.24) is 4.31 Å². The predicted molar refractivity (Wildman–Crippen MR) is 104 cm³/mol. The standard InChI is InChI=1S/C18H19BrN2O5S/c19-16-3-1-2-4-17(16)20-18(22)13-26-14-5-7-15(8-6-14)27(23,24)21-9-11-25-12-10-21/h1-8H,9-13H2,(H,20,22). The summed E-state index contributed by atoms with van der Waals surface area (Å²) in [5.41, 5.74) is 0.651. The molecule has 27 heavy (non-hydrogen) atoms. The second kappa shape index (κ2) is 8.83. The second-order valence-corrected chi connectivity index (χ2v) is 8.60. The Bertz CT molecular complexity index is 896. The number of morpholine rings is 1. The normalized spacial score (nSPS) is 15.3. The van der Waals surface area contributed by atoms with Crippen molar-refractivity contribution in [2.75, 3.05) is 38.2 Å². The summed E-state index contributed by atoms with van der Waals surface area (Å²) in [5, 5.41) is 2.73. The molecule has 1 N–H and O–H groups in total. The highest BCUT2D eigenvalue weighted by Gasteiger charge is 2.26. The SMILES string of the molecule is O=C(COc1ccc(S(=O)(=O)N2CCOCC2)cc1)Nc1ccccc1Br. The van der Waals surface area contributed by atoms with Crippen molar-refractivity contribution in [1.29, 1.82) is 0 Å². The maximum Gasteiger partial charge on any atom is 0.262 e. The minimum atomic E-state index is -3.54. The molecule has 3 rings (SSSR count). The number of hydrogen-bond acceptors (Lipinski definition) is 5. The highest BCUT2D eigenvalue weighted by molar-refractivity contribution is 9.10. The van der Waals surface area contributed by atoms with Crippen LogP contribution in [0, 0.1) is 0 Å². The predicted octanol–water partition coefficient (Wildman–Crippen LogP) is 2.49. The molecule has 1 heterocycles. The van der Waals surface area contributed by atoms with Gasteiger partial charge in [-0.05, 0) is 52.3 Å². The average molecular weight is 455 g/mol. The number of nitrogens with zero attached hydrogens (tertiary/aromatic N) is 1. The first-order valence-electron chi connectivity index (χ1n) is 8.32. The summed E-state index contributed by atoms with van der Waals surface area (Å²) in [7, 11) is -3.54. The van der Waals surface area contributed by atoms with Gasteiger partial charge in [0.15, 0.2) is 6.61 Å². The van der Waals surface area contributed by atoms with Crippen molar-refractivity contribution < 1.29 is 22.7 Å². The van der Waals surface area contributed by atoms with E-state index in [1.807, 2.05) is 18.2 Å². The molecule has 0 unspecified atom stereocenters. The molecule has 7 nitrogen and oxygen atoms in total. The highest BCUT2D eigenvalue weighted by Crippen LogP contribution is 2.22. The van der Waals surface area contributed by atoms with Gasteiger partial charge in [-0.2, -0.15) is 4.31 Å². The summed E-state index contributed by atoms with van der Waals surface area (Å²) in [6.07, 6.45) is 0. The molecule has 2 aromatic rings. The number of halogens is 1. The second-order valence-electron chi connectivity index (χ2n) is 5.80. The fraction of sp³-hybridized carbons (Fsp3) is 0.278. The van der Waals surface area contributed by atoms with Gasteiger partial charge in [0.1, 0.15) is 5.75 Å². The van der Waals surface area contributed by atoms with E-state index in [9.17, 15) is 13.2 Å². The number of anilines is 1. The number of benzene rings is 2. The van der Waals surface area contributed by atoms with Gasteiger partial charge in [-0.25, -0.2) is 8.42 Å². The maximum atomic E-state index is 12.6. The molecule has 1 fully saturated rings. The number of nitrogens with one attached hydrogen (secondary N) is 1. The lowest BCUT2D eigenvalue weighted by atomic mass is 10.3. The van der Waals surface area contributed by atoms with Crippen LogP contribution >= 0.6 is 15.9 Å². The Morgan fingerprint density at radius 3 is 2.44 bits per heavy atom. The highest BCUT2D eigenvalue weighted by atomic mass is 79.9. The van der Waals surface area contributed by atoms with Crippen molar-refractivity contribution in [3.05, 3.63) is 53.0 Å². The zero-order chi connectivity index (χ0) is 19.3. The van der Waals surface area contributed by atoms with Crippen LogP contribution in [0.2, 0.25) is 0 Å². The van der Waals surface area contributed by atoms with Gasteiger partial charge in [0.25, 0.3) is 5.91 Å². The summed E-state index contributed by atoms with van der Waals surface area (Å²) in [6.45, 7) is 1.29. The number of sulfonamides is 1. The third-order valence-electron chi connectivity index (χ3n) is 3.95. The smallest absolute Gasteiger partial charge is 0.262 e. The maximum absolute atomic E-state index is 12.6. The first kappa shape index (κ1) is 19.8. The van der Waals surface area contributed by atoms with Crippen molar-refractivity contribution in [2.24, 2.45) is 0 Å². The number of hydrogen-bond donors (Lipinski definition) is 1. The van der Waals surface area contributed by atoms with E-state index in [-0.39, 0.29) is 17.4 Å². The van der Waals surface area contributed by atoms with E-state index in [0.29, 0.717) is 37.7 Å². The van der Waals surface area contributed by atoms with E-state index in [2.05, 4.69) is 21.2 Å². The van der Waals surface area contributed by atoms with Crippen LogP contribution in [0.1, 0.15) is 0 Å². The molecule has 1 aliphatic rings. The molecule has 0 spiro atoms. The Kier molecular flexibility index (Phi) is 6.48. The average Bonchev–Trinajstić information content (AvgIpc) is 2.69. The monoisotopic (exact) mass is 454 g/mol. The van der Waals surface area contributed by atoms with Gasteiger partial charge in [0.05, 0.1) is 23.8 Å². The largest absolute Gasteiger partial charge is 0.484 e. The minimum Gasteiger partial charge on any atom is -0.484 e. The van der Waals surface area contributed by atoms with Gasteiger partial charge in [0, 0.05) is 17.6 Å². The summed E-state index contributed by atoms with van der Waals surface area (Å²) in [4.78, 5) is 12.2. The van der Waals surface area contributed by atoms with E-state index >= 15 is 0 Å². The fourth-order valence-corrected chi connectivity index (χ4v) is 4.33. The first-order valence-corrected chi connectivity index (χ1v) is 10.6. The molecule has 0 bridgehead atoms. The number of amides is 1. The molecule has 0 aromatic heterocycles. The van der Waals surface area contributed by atoms with E-state index in [0.717, 1.165) is 4.47 Å². The van der Waals surface area contributed by atoms with Crippen LogP contribution in [0.15, 0.2) is 57.9 Å². The Labute approximate surface area is 166 Å². The lowest BCUT2D eigenvalue weighted by Crippen LogP contribution is -2.40. The summed E-state index contributed by atoms with van der Waals surface area (Å²) in [6, 6.07) is 13.3. The van der Waals surface area contributed by atoms with Crippen LogP contribution in [0.25, 0.3) is 0 Å². The van der Waals surface area contributed by atoms with E-state index < -0.39 is 10.0 Å². The van der Waals surface area contributed by atoms with E-state index in [1.165, 1.54) is 16.4 Å². The molecule has 144 valence electrons. The Hall–Kier alpha value is -1.94. The molecule has 0 saturated carbocycles. The van der Waals surface area contributed by atoms with Crippen molar-refractivity contribution >= 4 is 37.5 Å². The van der Waals surface area contributed by atoms with Crippen molar-refractivity contribution in [2.45, 2.75) is 4.90 Å². The molecule has 1 saturated heterocycles. The topological polar surface area (TPSA) is 84.9 Å². The summed E-state index contributed by atoms with van der Waals surface area (Å²) < 4.78 is 37.9. The molecular formula is C18H19BrN2O5S. The molecular weight excluding hydrogens is 436 g/mol. The lowest BCUT2D eigenvalue weighted by Gasteiger charge is -2.26. The number of carbonyl (C=O) groups is 1. The zero-order valence-electron chi connectivity index (χ0n) is 14.4. The molecule has 1 aliphatic heterocycles. The van der Waals surface area contributed by atoms with Gasteiger partial charge in [-0.15, -0.1) is 0 Å². The van der Waals surface area contributed by atoms with Crippen LogP contribution in [0.3, 0.4) is 0 Å². The number of ether oxygens (including phenoxy) is 2. The van der Waals surface area contributed by atoms with Gasteiger partial charge in [-0.1, -0.05) is 12.1 Å². The Morgan fingerprint density at radius 1 is 1.11 bits per heavy atom.